The van der Waals surface area contributed by atoms with Crippen molar-refractivity contribution < 1.29 is 8.78 Å². The molecule has 0 aromatic heterocycles. The molecule has 0 N–H and O–H groups in total. The minimum Gasteiger partial charge on any atom is -0.281 e. The van der Waals surface area contributed by atoms with Gasteiger partial charge in [0.05, 0.1) is 6.07 Å². The molecule has 4 heteroatoms. The van der Waals surface area contributed by atoms with Gasteiger partial charge in [0.25, 0.3) is 0 Å². The first-order valence-corrected chi connectivity index (χ1v) is 6.77. The van der Waals surface area contributed by atoms with Crippen LogP contribution in [0, 0.1) is 23.0 Å². The van der Waals surface area contributed by atoms with Crippen LogP contribution in [0.3, 0.4) is 0 Å². The summed E-state index contributed by atoms with van der Waals surface area (Å²) in [6.45, 7) is 2.88. The van der Waals surface area contributed by atoms with Crippen LogP contribution in [0.1, 0.15) is 44.2 Å². The number of halogens is 2. The van der Waals surface area contributed by atoms with E-state index in [1.54, 1.807) is 0 Å². The van der Waals surface area contributed by atoms with Crippen LogP contribution in [0.25, 0.3) is 0 Å². The summed E-state index contributed by atoms with van der Waals surface area (Å²) in [5, 5.41) is 9.39. The molecule has 0 spiro atoms. The molecule has 1 saturated heterocycles. The Morgan fingerprint density at radius 3 is 2.84 bits per heavy atom. The number of hydrogen-bond acceptors (Lipinski definition) is 2. The zero-order valence-electron chi connectivity index (χ0n) is 11.1. The van der Waals surface area contributed by atoms with E-state index < -0.39 is 17.7 Å². The van der Waals surface area contributed by atoms with Crippen molar-refractivity contribution in [3.63, 3.8) is 0 Å². The van der Waals surface area contributed by atoms with E-state index in [4.69, 9.17) is 0 Å². The minimum atomic E-state index is -0.632. The Labute approximate surface area is 112 Å². The highest BCUT2D eigenvalue weighted by atomic mass is 19.1. The quantitative estimate of drug-likeness (QED) is 0.830. The second-order valence-corrected chi connectivity index (χ2v) is 4.99. The molecule has 0 radical (unpaired) electrons. The predicted octanol–water partition coefficient (Wildman–Crippen LogP) is 3.79. The van der Waals surface area contributed by atoms with Gasteiger partial charge in [0, 0.05) is 24.2 Å². The third kappa shape index (κ3) is 2.93. The highest BCUT2D eigenvalue weighted by molar-refractivity contribution is 5.27. The Kier molecular flexibility index (Phi) is 4.49. The Balaban J connectivity index is 2.30. The largest absolute Gasteiger partial charge is 0.281 e. The first-order chi connectivity index (χ1) is 9.17. The average molecular weight is 264 g/mol. The molecular formula is C15H18F2N2. The van der Waals surface area contributed by atoms with E-state index in [1.807, 2.05) is 0 Å². The zero-order chi connectivity index (χ0) is 13.8. The predicted molar refractivity (Wildman–Crippen MR) is 69.3 cm³/mol. The monoisotopic (exact) mass is 264 g/mol. The second-order valence-electron chi connectivity index (χ2n) is 4.99. The van der Waals surface area contributed by atoms with Gasteiger partial charge >= 0.3 is 0 Å². The molecule has 1 fully saturated rings. The average Bonchev–Trinajstić information content (AvgIpc) is 2.42. The SMILES string of the molecule is CCC1CCCCN1C(C#N)c1ccc(F)cc1F. The van der Waals surface area contributed by atoms with Gasteiger partial charge in [-0.15, -0.1) is 0 Å². The van der Waals surface area contributed by atoms with Gasteiger partial charge < -0.3 is 0 Å². The van der Waals surface area contributed by atoms with E-state index in [9.17, 15) is 14.0 Å². The maximum Gasteiger partial charge on any atom is 0.131 e. The first kappa shape index (κ1) is 14.0. The van der Waals surface area contributed by atoms with Gasteiger partial charge in [0.1, 0.15) is 17.7 Å². The number of nitrogens with zero attached hydrogens (tertiary/aromatic N) is 2. The van der Waals surface area contributed by atoms with Crippen molar-refractivity contribution in [1.82, 2.24) is 4.90 Å². The van der Waals surface area contributed by atoms with Crippen LogP contribution in [0.2, 0.25) is 0 Å². The molecular weight excluding hydrogens is 246 g/mol. The molecule has 2 nitrogen and oxygen atoms in total. The van der Waals surface area contributed by atoms with E-state index in [0.29, 0.717) is 6.04 Å². The molecule has 2 atom stereocenters. The Morgan fingerprint density at radius 2 is 2.21 bits per heavy atom. The smallest absolute Gasteiger partial charge is 0.131 e. The molecule has 0 bridgehead atoms. The van der Waals surface area contributed by atoms with E-state index in [-0.39, 0.29) is 5.56 Å². The summed E-state index contributed by atoms with van der Waals surface area (Å²) in [5.41, 5.74) is 0.282. The molecule has 19 heavy (non-hydrogen) atoms. The molecule has 1 aromatic rings. The highest BCUT2D eigenvalue weighted by Gasteiger charge is 2.30. The molecule has 0 aliphatic carbocycles. The van der Waals surface area contributed by atoms with Crippen LogP contribution in [0.5, 0.6) is 0 Å². The molecule has 1 heterocycles. The van der Waals surface area contributed by atoms with Crippen molar-refractivity contribution >= 4 is 0 Å². The van der Waals surface area contributed by atoms with E-state index in [0.717, 1.165) is 38.3 Å². The van der Waals surface area contributed by atoms with Crippen LogP contribution in [-0.2, 0) is 0 Å². The van der Waals surface area contributed by atoms with Crippen molar-refractivity contribution in [2.75, 3.05) is 6.54 Å². The topological polar surface area (TPSA) is 27.0 Å². The van der Waals surface area contributed by atoms with Gasteiger partial charge in [-0.1, -0.05) is 19.4 Å². The summed E-state index contributed by atoms with van der Waals surface area (Å²) in [6.07, 6.45) is 4.16. The van der Waals surface area contributed by atoms with Crippen LogP contribution >= 0.6 is 0 Å². The number of likely N-dealkylation sites (tertiary alicyclic amines) is 1. The van der Waals surface area contributed by atoms with Crippen LogP contribution < -0.4 is 0 Å². The maximum atomic E-state index is 13.9. The Morgan fingerprint density at radius 1 is 1.42 bits per heavy atom. The molecule has 2 unspecified atom stereocenters. The lowest BCUT2D eigenvalue weighted by Gasteiger charge is -2.38. The molecule has 0 saturated carbocycles. The lowest BCUT2D eigenvalue weighted by molar-refractivity contribution is 0.115. The summed E-state index contributed by atoms with van der Waals surface area (Å²) in [6, 6.07) is 5.32. The molecule has 1 aliphatic rings. The molecule has 2 rings (SSSR count). The second kappa shape index (κ2) is 6.12. The van der Waals surface area contributed by atoms with Gasteiger partial charge in [-0.25, -0.2) is 8.78 Å². The molecule has 0 amide bonds. The normalized spacial score (nSPS) is 21.9. The summed E-state index contributed by atoms with van der Waals surface area (Å²) in [4.78, 5) is 2.06. The molecule has 1 aromatic carbocycles. The van der Waals surface area contributed by atoms with Crippen LogP contribution in [0.15, 0.2) is 18.2 Å². The third-order valence-corrected chi connectivity index (χ3v) is 3.85. The van der Waals surface area contributed by atoms with Gasteiger partial charge in [0.15, 0.2) is 0 Å². The number of benzene rings is 1. The summed E-state index contributed by atoms with van der Waals surface area (Å²) >= 11 is 0. The number of hydrogen-bond donors (Lipinski definition) is 0. The summed E-state index contributed by atoms with van der Waals surface area (Å²) in [5.74, 6) is -1.24. The standard InChI is InChI=1S/C15H18F2N2/c1-2-12-5-3-4-8-19(12)15(10-18)13-7-6-11(16)9-14(13)17/h6-7,9,12,15H,2-5,8H2,1H3. The maximum absolute atomic E-state index is 13.9. The van der Waals surface area contributed by atoms with Crippen molar-refractivity contribution in [1.29, 1.82) is 5.26 Å². The fraction of sp³-hybridized carbons (Fsp3) is 0.533. The van der Waals surface area contributed by atoms with Crippen LogP contribution in [-0.4, -0.2) is 17.5 Å². The number of rotatable bonds is 3. The minimum absolute atomic E-state index is 0.282. The summed E-state index contributed by atoms with van der Waals surface area (Å²) < 4.78 is 26.8. The molecule has 1 aliphatic heterocycles. The van der Waals surface area contributed by atoms with E-state index >= 15 is 0 Å². The Hall–Kier alpha value is -1.47. The fourth-order valence-corrected chi connectivity index (χ4v) is 2.85. The van der Waals surface area contributed by atoms with E-state index in [2.05, 4.69) is 17.9 Å². The van der Waals surface area contributed by atoms with Crippen molar-refractivity contribution in [2.24, 2.45) is 0 Å². The van der Waals surface area contributed by atoms with E-state index in [1.165, 1.54) is 12.1 Å². The lowest BCUT2D eigenvalue weighted by atomic mass is 9.95. The lowest BCUT2D eigenvalue weighted by Crippen LogP contribution is -2.41. The highest BCUT2D eigenvalue weighted by Crippen LogP contribution is 2.31. The van der Waals surface area contributed by atoms with Gasteiger partial charge in [-0.2, -0.15) is 5.26 Å². The van der Waals surface area contributed by atoms with Crippen LogP contribution in [0.4, 0.5) is 8.78 Å². The van der Waals surface area contributed by atoms with Crippen molar-refractivity contribution in [2.45, 2.75) is 44.7 Å². The molecule has 102 valence electrons. The summed E-state index contributed by atoms with van der Waals surface area (Å²) in [7, 11) is 0. The van der Waals surface area contributed by atoms with Gasteiger partial charge in [-0.3, -0.25) is 4.90 Å². The van der Waals surface area contributed by atoms with Gasteiger partial charge in [-0.05, 0) is 25.3 Å². The first-order valence-electron chi connectivity index (χ1n) is 6.77. The number of piperidine rings is 1. The number of nitriles is 1. The third-order valence-electron chi connectivity index (χ3n) is 3.85. The zero-order valence-corrected chi connectivity index (χ0v) is 11.1. The fourth-order valence-electron chi connectivity index (χ4n) is 2.85. The van der Waals surface area contributed by atoms with Gasteiger partial charge in [0.2, 0.25) is 0 Å². The van der Waals surface area contributed by atoms with Crippen molar-refractivity contribution in [3.8, 4) is 6.07 Å². The Bertz CT molecular complexity index is 482. The van der Waals surface area contributed by atoms with Crippen molar-refractivity contribution in [3.05, 3.63) is 35.4 Å².